The van der Waals surface area contributed by atoms with E-state index in [2.05, 4.69) is 19.9 Å². The summed E-state index contributed by atoms with van der Waals surface area (Å²) in [6, 6.07) is 0. The van der Waals surface area contributed by atoms with Crippen molar-refractivity contribution in [1.29, 1.82) is 0 Å². The number of nitrogens with zero attached hydrogens (tertiary/aromatic N) is 3. The Balaban J connectivity index is 2.82. The first-order valence-corrected chi connectivity index (χ1v) is 3.65. The van der Waals surface area contributed by atoms with Crippen LogP contribution in [-0.2, 0) is 0 Å². The number of nitrogens with one attached hydrogen (secondary N) is 1. The smallest absolute Gasteiger partial charge is 0.196 e. The number of aryl methyl sites for hydroxylation is 1. The third kappa shape index (κ3) is 1.12. The highest BCUT2D eigenvalue weighted by atomic mass is 16.1. The van der Waals surface area contributed by atoms with Crippen molar-refractivity contribution in [3.05, 3.63) is 11.6 Å². The van der Waals surface area contributed by atoms with Gasteiger partial charge in [0.15, 0.2) is 23.6 Å². The molecule has 13 heavy (non-hydrogen) atoms. The monoisotopic (exact) mass is 177 g/mol. The molecule has 2 rings (SSSR count). The van der Waals surface area contributed by atoms with Crippen LogP contribution in [0.3, 0.4) is 0 Å². The summed E-state index contributed by atoms with van der Waals surface area (Å²) in [5, 5.41) is 0. The van der Waals surface area contributed by atoms with E-state index in [1.165, 1.54) is 0 Å². The van der Waals surface area contributed by atoms with E-state index in [9.17, 15) is 4.79 Å². The standard InChI is InChI=1S/C7H7N5O/c1-3-9-5-6(8)11-4(2-13)12-7(5)10-3/h2H,1H3,(H3,8,9,10,11,12). The summed E-state index contributed by atoms with van der Waals surface area (Å²) in [7, 11) is 0. The lowest BCUT2D eigenvalue weighted by atomic mass is 10.5. The Bertz CT molecular complexity index is 475. The molecule has 0 fully saturated rings. The van der Waals surface area contributed by atoms with Gasteiger partial charge in [0.25, 0.3) is 0 Å². The number of aromatic amines is 1. The topological polar surface area (TPSA) is 97.6 Å². The quantitative estimate of drug-likeness (QED) is 0.600. The molecule has 0 aliphatic rings. The molecule has 6 heteroatoms. The highest BCUT2D eigenvalue weighted by molar-refractivity contribution is 5.84. The molecule has 0 bridgehead atoms. The summed E-state index contributed by atoms with van der Waals surface area (Å²) in [6.45, 7) is 1.78. The molecule has 0 aliphatic heterocycles. The Labute approximate surface area is 73.2 Å². The average molecular weight is 177 g/mol. The number of carbonyl (C=O) groups is 1. The van der Waals surface area contributed by atoms with Crippen molar-refractivity contribution < 1.29 is 4.79 Å². The molecule has 0 saturated carbocycles. The van der Waals surface area contributed by atoms with Crippen molar-refractivity contribution in [2.24, 2.45) is 0 Å². The fourth-order valence-corrected chi connectivity index (χ4v) is 1.10. The summed E-state index contributed by atoms with van der Waals surface area (Å²) in [5.74, 6) is 0.989. The van der Waals surface area contributed by atoms with Crippen molar-refractivity contribution in [2.45, 2.75) is 6.92 Å². The molecule has 0 saturated heterocycles. The van der Waals surface area contributed by atoms with E-state index >= 15 is 0 Å². The minimum absolute atomic E-state index is 0.0523. The third-order valence-electron chi connectivity index (χ3n) is 1.62. The summed E-state index contributed by atoms with van der Waals surface area (Å²) < 4.78 is 0. The first kappa shape index (κ1) is 7.66. The Morgan fingerprint density at radius 2 is 2.15 bits per heavy atom. The lowest BCUT2D eigenvalue weighted by Crippen LogP contribution is -1.99. The lowest BCUT2D eigenvalue weighted by molar-refractivity contribution is 0.111. The lowest BCUT2D eigenvalue weighted by Gasteiger charge is -1.93. The van der Waals surface area contributed by atoms with Gasteiger partial charge in [-0.15, -0.1) is 0 Å². The summed E-state index contributed by atoms with van der Waals surface area (Å²) in [4.78, 5) is 25.0. The Morgan fingerprint density at radius 1 is 1.38 bits per heavy atom. The summed E-state index contributed by atoms with van der Waals surface area (Å²) in [5.41, 5.74) is 6.56. The number of carbonyl (C=O) groups excluding carboxylic acids is 1. The number of H-pyrrole nitrogens is 1. The molecule has 0 aliphatic carbocycles. The van der Waals surface area contributed by atoms with Crippen LogP contribution in [0.1, 0.15) is 16.4 Å². The van der Waals surface area contributed by atoms with Gasteiger partial charge in [-0.25, -0.2) is 15.0 Å². The molecular formula is C7H7N5O. The van der Waals surface area contributed by atoms with Crippen molar-refractivity contribution in [3.8, 4) is 0 Å². The zero-order chi connectivity index (χ0) is 9.42. The van der Waals surface area contributed by atoms with Crippen molar-refractivity contribution >= 4 is 23.3 Å². The number of rotatable bonds is 1. The van der Waals surface area contributed by atoms with Crippen LogP contribution in [0.2, 0.25) is 0 Å². The molecule has 2 heterocycles. The number of fused-ring (bicyclic) bond motifs is 1. The maximum atomic E-state index is 10.4. The van der Waals surface area contributed by atoms with E-state index in [-0.39, 0.29) is 11.6 Å². The summed E-state index contributed by atoms with van der Waals surface area (Å²) >= 11 is 0. The first-order valence-electron chi connectivity index (χ1n) is 3.65. The van der Waals surface area contributed by atoms with Gasteiger partial charge < -0.3 is 10.7 Å². The van der Waals surface area contributed by atoms with Gasteiger partial charge in [-0.2, -0.15) is 0 Å². The van der Waals surface area contributed by atoms with Gasteiger partial charge in [0.05, 0.1) is 0 Å². The number of nitrogens with two attached hydrogens (primary N) is 1. The maximum absolute atomic E-state index is 10.4. The molecule has 0 unspecified atom stereocenters. The van der Waals surface area contributed by atoms with Crippen LogP contribution in [-0.4, -0.2) is 26.2 Å². The van der Waals surface area contributed by atoms with E-state index in [0.29, 0.717) is 23.3 Å². The van der Waals surface area contributed by atoms with Crippen LogP contribution in [0, 0.1) is 6.92 Å². The van der Waals surface area contributed by atoms with Gasteiger partial charge in [0.1, 0.15) is 11.3 Å². The van der Waals surface area contributed by atoms with Gasteiger partial charge in [-0.1, -0.05) is 0 Å². The molecule has 0 aromatic carbocycles. The van der Waals surface area contributed by atoms with Gasteiger partial charge in [-0.3, -0.25) is 4.79 Å². The zero-order valence-corrected chi connectivity index (χ0v) is 6.90. The summed E-state index contributed by atoms with van der Waals surface area (Å²) in [6.07, 6.45) is 0.541. The Hall–Kier alpha value is -1.98. The highest BCUT2D eigenvalue weighted by Crippen LogP contribution is 2.13. The number of nitrogen functional groups attached to an aromatic ring is 1. The Morgan fingerprint density at radius 3 is 2.85 bits per heavy atom. The largest absolute Gasteiger partial charge is 0.382 e. The van der Waals surface area contributed by atoms with E-state index in [1.54, 1.807) is 6.92 Å². The van der Waals surface area contributed by atoms with Crippen LogP contribution in [0.5, 0.6) is 0 Å². The second-order valence-corrected chi connectivity index (χ2v) is 2.61. The molecule has 6 nitrogen and oxygen atoms in total. The fraction of sp³-hybridized carbons (Fsp3) is 0.143. The zero-order valence-electron chi connectivity index (χ0n) is 6.90. The van der Waals surface area contributed by atoms with Crippen molar-refractivity contribution in [1.82, 2.24) is 19.9 Å². The fourth-order valence-electron chi connectivity index (χ4n) is 1.10. The van der Waals surface area contributed by atoms with Crippen LogP contribution >= 0.6 is 0 Å². The first-order chi connectivity index (χ1) is 6.20. The highest BCUT2D eigenvalue weighted by Gasteiger charge is 2.07. The predicted octanol–water partition coefficient (Wildman–Crippen LogP) is 0.0560. The molecule has 0 atom stereocenters. The molecule has 2 aromatic heterocycles. The van der Waals surface area contributed by atoms with Crippen LogP contribution < -0.4 is 5.73 Å². The van der Waals surface area contributed by atoms with Crippen LogP contribution in [0.15, 0.2) is 0 Å². The molecule has 2 aromatic rings. The van der Waals surface area contributed by atoms with Gasteiger partial charge in [-0.05, 0) is 6.92 Å². The average Bonchev–Trinajstić information content (AvgIpc) is 2.46. The number of hydrogen-bond acceptors (Lipinski definition) is 5. The van der Waals surface area contributed by atoms with Crippen LogP contribution in [0.25, 0.3) is 11.2 Å². The molecule has 0 amide bonds. The number of aromatic nitrogens is 4. The minimum Gasteiger partial charge on any atom is -0.382 e. The molecule has 0 spiro atoms. The number of anilines is 1. The van der Waals surface area contributed by atoms with Gasteiger partial charge >= 0.3 is 0 Å². The second-order valence-electron chi connectivity index (χ2n) is 2.61. The third-order valence-corrected chi connectivity index (χ3v) is 1.62. The van der Waals surface area contributed by atoms with Gasteiger partial charge in [0, 0.05) is 0 Å². The van der Waals surface area contributed by atoms with Gasteiger partial charge in [0.2, 0.25) is 0 Å². The van der Waals surface area contributed by atoms with Crippen molar-refractivity contribution in [2.75, 3.05) is 5.73 Å². The van der Waals surface area contributed by atoms with Crippen LogP contribution in [0.4, 0.5) is 5.82 Å². The maximum Gasteiger partial charge on any atom is 0.196 e. The normalized spacial score (nSPS) is 10.5. The molecular weight excluding hydrogens is 170 g/mol. The molecule has 66 valence electrons. The SMILES string of the molecule is Cc1nc2nc(C=O)nc(N)c2[nH]1. The number of imidazole rings is 1. The molecule has 0 radical (unpaired) electrons. The van der Waals surface area contributed by atoms with E-state index in [0.717, 1.165) is 0 Å². The van der Waals surface area contributed by atoms with E-state index in [1.807, 2.05) is 0 Å². The second kappa shape index (κ2) is 2.51. The number of aldehydes is 1. The minimum atomic E-state index is 0.0523. The van der Waals surface area contributed by atoms with Crippen molar-refractivity contribution in [3.63, 3.8) is 0 Å². The number of hydrogen-bond donors (Lipinski definition) is 2. The Kier molecular flexibility index (Phi) is 1.48. The van der Waals surface area contributed by atoms with E-state index in [4.69, 9.17) is 5.73 Å². The predicted molar refractivity (Wildman–Crippen MR) is 46.2 cm³/mol. The van der Waals surface area contributed by atoms with E-state index < -0.39 is 0 Å². The molecule has 3 N–H and O–H groups in total.